The molecule has 0 spiro atoms. The van der Waals surface area contributed by atoms with Crippen molar-refractivity contribution in [2.24, 2.45) is 0 Å². The summed E-state index contributed by atoms with van der Waals surface area (Å²) in [5.41, 5.74) is 7.41. The van der Waals surface area contributed by atoms with E-state index in [0.29, 0.717) is 22.7 Å². The minimum atomic E-state index is -0.187. The van der Waals surface area contributed by atoms with Crippen molar-refractivity contribution in [1.29, 1.82) is 0 Å². The highest BCUT2D eigenvalue weighted by atomic mass is 16.5. The lowest BCUT2D eigenvalue weighted by atomic mass is 10.1. The van der Waals surface area contributed by atoms with E-state index in [1.807, 2.05) is 6.07 Å². The average Bonchev–Trinajstić information content (AvgIpc) is 2.46. The van der Waals surface area contributed by atoms with Gasteiger partial charge in [-0.1, -0.05) is 0 Å². The van der Waals surface area contributed by atoms with Crippen LogP contribution in [-0.2, 0) is 0 Å². The molecule has 0 unspecified atom stereocenters. The predicted octanol–water partition coefficient (Wildman–Crippen LogP) is 1.95. The molecule has 1 amide bonds. The maximum Gasteiger partial charge on any atom is 0.260 e. The van der Waals surface area contributed by atoms with Crippen LogP contribution in [0.15, 0.2) is 42.7 Å². The third-order valence-electron chi connectivity index (χ3n) is 2.83. The van der Waals surface area contributed by atoms with Crippen molar-refractivity contribution in [2.75, 3.05) is 24.8 Å². The molecule has 1 heterocycles. The standard InChI is InChI=1S/C14H15N3O2/c1-17(10-4-3-7-16-9-10)14(18)12-6-5-11(19-2)8-13(12)15/h3-9H,15H2,1-2H3. The number of carbonyl (C=O) groups is 1. The van der Waals surface area contributed by atoms with E-state index in [1.54, 1.807) is 50.8 Å². The van der Waals surface area contributed by atoms with Gasteiger partial charge >= 0.3 is 0 Å². The summed E-state index contributed by atoms with van der Waals surface area (Å²) in [6.07, 6.45) is 3.28. The largest absolute Gasteiger partial charge is 0.497 e. The Bertz CT molecular complexity index is 584. The number of ether oxygens (including phenoxy) is 1. The summed E-state index contributed by atoms with van der Waals surface area (Å²) in [5.74, 6) is 0.436. The SMILES string of the molecule is COc1ccc(C(=O)N(C)c2cccnc2)c(N)c1. The van der Waals surface area contributed by atoms with Crippen LogP contribution in [0.5, 0.6) is 5.75 Å². The van der Waals surface area contributed by atoms with Gasteiger partial charge in [0.25, 0.3) is 5.91 Å². The van der Waals surface area contributed by atoms with Crippen molar-refractivity contribution < 1.29 is 9.53 Å². The molecule has 1 aromatic carbocycles. The minimum Gasteiger partial charge on any atom is -0.497 e. The van der Waals surface area contributed by atoms with E-state index in [4.69, 9.17) is 10.5 Å². The molecular formula is C14H15N3O2. The lowest BCUT2D eigenvalue weighted by Gasteiger charge is -2.18. The first kappa shape index (κ1) is 12.9. The van der Waals surface area contributed by atoms with Crippen LogP contribution in [0, 0.1) is 0 Å². The molecule has 19 heavy (non-hydrogen) atoms. The van der Waals surface area contributed by atoms with Crippen molar-refractivity contribution in [2.45, 2.75) is 0 Å². The lowest BCUT2D eigenvalue weighted by molar-refractivity contribution is 0.0994. The van der Waals surface area contributed by atoms with Gasteiger partial charge in [0.15, 0.2) is 0 Å². The Hall–Kier alpha value is -2.56. The van der Waals surface area contributed by atoms with Gasteiger partial charge in [-0.3, -0.25) is 9.78 Å². The van der Waals surface area contributed by atoms with Gasteiger partial charge in [0.2, 0.25) is 0 Å². The summed E-state index contributed by atoms with van der Waals surface area (Å²) in [6, 6.07) is 8.58. The highest BCUT2D eigenvalue weighted by Gasteiger charge is 2.16. The van der Waals surface area contributed by atoms with Gasteiger partial charge in [-0.25, -0.2) is 0 Å². The first-order valence-electron chi connectivity index (χ1n) is 5.75. The molecular weight excluding hydrogens is 242 g/mol. The Morgan fingerprint density at radius 2 is 2.16 bits per heavy atom. The summed E-state index contributed by atoms with van der Waals surface area (Å²) in [4.78, 5) is 17.8. The monoisotopic (exact) mass is 257 g/mol. The molecule has 0 aliphatic carbocycles. The third kappa shape index (κ3) is 2.65. The van der Waals surface area contributed by atoms with Crippen LogP contribution in [0.25, 0.3) is 0 Å². The van der Waals surface area contributed by atoms with Crippen molar-refractivity contribution in [3.63, 3.8) is 0 Å². The van der Waals surface area contributed by atoms with E-state index < -0.39 is 0 Å². The number of benzene rings is 1. The molecule has 0 aliphatic rings. The maximum absolute atomic E-state index is 12.3. The predicted molar refractivity (Wildman–Crippen MR) is 74.4 cm³/mol. The van der Waals surface area contributed by atoms with Gasteiger partial charge in [0.05, 0.1) is 24.6 Å². The molecule has 2 N–H and O–H groups in total. The van der Waals surface area contributed by atoms with Gasteiger partial charge in [0, 0.05) is 25.0 Å². The number of carbonyl (C=O) groups excluding carboxylic acids is 1. The summed E-state index contributed by atoms with van der Waals surface area (Å²) >= 11 is 0. The second-order valence-corrected chi connectivity index (χ2v) is 4.03. The Kier molecular flexibility index (Phi) is 3.66. The van der Waals surface area contributed by atoms with Crippen molar-refractivity contribution >= 4 is 17.3 Å². The number of methoxy groups -OCH3 is 1. The number of rotatable bonds is 3. The fourth-order valence-electron chi connectivity index (χ4n) is 1.71. The van der Waals surface area contributed by atoms with Crippen LogP contribution >= 0.6 is 0 Å². The first-order chi connectivity index (χ1) is 9.13. The molecule has 1 aromatic heterocycles. The van der Waals surface area contributed by atoms with Gasteiger partial charge in [-0.2, -0.15) is 0 Å². The fraction of sp³-hybridized carbons (Fsp3) is 0.143. The minimum absolute atomic E-state index is 0.187. The van der Waals surface area contributed by atoms with E-state index in [2.05, 4.69) is 4.98 Å². The first-order valence-corrected chi connectivity index (χ1v) is 5.75. The fourth-order valence-corrected chi connectivity index (χ4v) is 1.71. The number of pyridine rings is 1. The van der Waals surface area contributed by atoms with Gasteiger partial charge in [-0.15, -0.1) is 0 Å². The zero-order chi connectivity index (χ0) is 13.8. The highest BCUT2D eigenvalue weighted by Crippen LogP contribution is 2.22. The number of hydrogen-bond acceptors (Lipinski definition) is 4. The van der Waals surface area contributed by atoms with Gasteiger partial charge in [-0.05, 0) is 24.3 Å². The van der Waals surface area contributed by atoms with E-state index in [-0.39, 0.29) is 5.91 Å². The summed E-state index contributed by atoms with van der Waals surface area (Å²) in [7, 11) is 3.24. The smallest absolute Gasteiger partial charge is 0.260 e. The molecule has 2 aromatic rings. The number of nitrogens with two attached hydrogens (primary N) is 1. The molecule has 98 valence electrons. The topological polar surface area (TPSA) is 68.5 Å². The number of nitrogen functional groups attached to an aromatic ring is 1. The molecule has 0 atom stereocenters. The average molecular weight is 257 g/mol. The van der Waals surface area contributed by atoms with Crippen LogP contribution in [0.3, 0.4) is 0 Å². The van der Waals surface area contributed by atoms with E-state index in [1.165, 1.54) is 4.90 Å². The molecule has 0 fully saturated rings. The second-order valence-electron chi connectivity index (χ2n) is 4.03. The molecule has 2 rings (SSSR count). The molecule has 0 saturated carbocycles. The number of aromatic nitrogens is 1. The maximum atomic E-state index is 12.3. The number of amides is 1. The van der Waals surface area contributed by atoms with Crippen LogP contribution in [0.1, 0.15) is 10.4 Å². The Morgan fingerprint density at radius 3 is 2.74 bits per heavy atom. The summed E-state index contributed by atoms with van der Waals surface area (Å²) in [5, 5.41) is 0. The van der Waals surface area contributed by atoms with E-state index >= 15 is 0 Å². The quantitative estimate of drug-likeness (QED) is 0.853. The lowest BCUT2D eigenvalue weighted by Crippen LogP contribution is -2.27. The Morgan fingerprint density at radius 1 is 1.37 bits per heavy atom. The molecule has 0 radical (unpaired) electrons. The zero-order valence-electron chi connectivity index (χ0n) is 10.8. The van der Waals surface area contributed by atoms with Crippen LogP contribution in [0.4, 0.5) is 11.4 Å². The van der Waals surface area contributed by atoms with Gasteiger partial charge < -0.3 is 15.4 Å². The molecule has 5 nitrogen and oxygen atoms in total. The zero-order valence-corrected chi connectivity index (χ0v) is 10.8. The highest BCUT2D eigenvalue weighted by molar-refractivity contribution is 6.09. The molecule has 0 bridgehead atoms. The number of anilines is 2. The van der Waals surface area contributed by atoms with Gasteiger partial charge in [0.1, 0.15) is 5.75 Å². The van der Waals surface area contributed by atoms with Crippen LogP contribution < -0.4 is 15.4 Å². The summed E-state index contributed by atoms with van der Waals surface area (Å²) in [6.45, 7) is 0. The van der Waals surface area contributed by atoms with Crippen molar-refractivity contribution in [3.05, 3.63) is 48.3 Å². The van der Waals surface area contributed by atoms with E-state index in [0.717, 1.165) is 0 Å². The molecule has 5 heteroatoms. The second kappa shape index (κ2) is 5.39. The normalized spacial score (nSPS) is 10.0. The Labute approximate surface area is 111 Å². The molecule has 0 saturated heterocycles. The third-order valence-corrected chi connectivity index (χ3v) is 2.83. The van der Waals surface area contributed by atoms with Crippen molar-refractivity contribution in [1.82, 2.24) is 4.98 Å². The molecule has 0 aliphatic heterocycles. The van der Waals surface area contributed by atoms with Crippen LogP contribution in [-0.4, -0.2) is 25.0 Å². The Balaban J connectivity index is 2.29. The summed E-state index contributed by atoms with van der Waals surface area (Å²) < 4.78 is 5.06. The van der Waals surface area contributed by atoms with E-state index in [9.17, 15) is 4.79 Å². The van der Waals surface area contributed by atoms with Crippen molar-refractivity contribution in [3.8, 4) is 5.75 Å². The van der Waals surface area contributed by atoms with Crippen LogP contribution in [0.2, 0.25) is 0 Å². The number of nitrogens with zero attached hydrogens (tertiary/aromatic N) is 2. The number of hydrogen-bond donors (Lipinski definition) is 1.